The largest absolute Gasteiger partial charge is 0.344 e. The fraction of sp³-hybridized carbons (Fsp3) is 0.133. The monoisotopic (exact) mass is 267 g/mol. The summed E-state index contributed by atoms with van der Waals surface area (Å²) >= 11 is 0. The number of nitro groups is 1. The Morgan fingerprint density at radius 3 is 2.60 bits per heavy atom. The summed E-state index contributed by atoms with van der Waals surface area (Å²) in [4.78, 5) is 12.2. The van der Waals surface area contributed by atoms with E-state index >= 15 is 0 Å². The van der Waals surface area contributed by atoms with Gasteiger partial charge < -0.3 is 4.90 Å². The van der Waals surface area contributed by atoms with Crippen molar-refractivity contribution < 1.29 is 4.92 Å². The second kappa shape index (κ2) is 5.41. The van der Waals surface area contributed by atoms with Gasteiger partial charge in [0.2, 0.25) is 0 Å². The van der Waals surface area contributed by atoms with Crippen molar-refractivity contribution in [1.82, 2.24) is 0 Å². The quantitative estimate of drug-likeness (QED) is 0.630. The van der Waals surface area contributed by atoms with Gasteiger partial charge in [-0.2, -0.15) is 5.26 Å². The fourth-order valence-corrected chi connectivity index (χ4v) is 2.05. The summed E-state index contributed by atoms with van der Waals surface area (Å²) in [7, 11) is 1.87. The molecule has 0 aromatic heterocycles. The van der Waals surface area contributed by atoms with E-state index in [0.717, 1.165) is 16.9 Å². The molecule has 0 N–H and O–H groups in total. The first-order valence-electron chi connectivity index (χ1n) is 6.02. The molecule has 20 heavy (non-hydrogen) atoms. The van der Waals surface area contributed by atoms with Gasteiger partial charge in [-0.1, -0.05) is 6.07 Å². The molecule has 0 bridgehead atoms. The van der Waals surface area contributed by atoms with E-state index in [0.29, 0.717) is 5.56 Å². The van der Waals surface area contributed by atoms with Crippen LogP contribution in [0.1, 0.15) is 11.1 Å². The van der Waals surface area contributed by atoms with Gasteiger partial charge in [0.25, 0.3) is 5.69 Å². The normalized spacial score (nSPS) is 9.85. The van der Waals surface area contributed by atoms with Crippen molar-refractivity contribution in [2.75, 3.05) is 11.9 Å². The maximum Gasteiger partial charge on any atom is 0.269 e. The van der Waals surface area contributed by atoms with Gasteiger partial charge in [-0.25, -0.2) is 0 Å². The number of aryl methyl sites for hydroxylation is 1. The molecule has 5 heteroatoms. The molecule has 0 aliphatic carbocycles. The summed E-state index contributed by atoms with van der Waals surface area (Å²) < 4.78 is 0. The average molecular weight is 267 g/mol. The predicted octanol–water partition coefficient (Wildman–Crippen LogP) is 3.54. The van der Waals surface area contributed by atoms with Crippen molar-refractivity contribution in [3.8, 4) is 6.07 Å². The SMILES string of the molecule is Cc1cc([N+](=O)[O-])ccc1N(C)c1cccc(C#N)c1. The minimum absolute atomic E-state index is 0.0745. The molecule has 0 saturated heterocycles. The first-order valence-corrected chi connectivity index (χ1v) is 6.02. The summed E-state index contributed by atoms with van der Waals surface area (Å²) in [5.74, 6) is 0. The summed E-state index contributed by atoms with van der Waals surface area (Å²) in [5, 5.41) is 19.7. The summed E-state index contributed by atoms with van der Waals surface area (Å²) in [5.41, 5.74) is 3.19. The van der Waals surface area contributed by atoms with Crippen LogP contribution in [-0.2, 0) is 0 Å². The average Bonchev–Trinajstić information content (AvgIpc) is 2.46. The van der Waals surface area contributed by atoms with Crippen molar-refractivity contribution in [2.45, 2.75) is 6.92 Å². The van der Waals surface area contributed by atoms with Gasteiger partial charge in [-0.3, -0.25) is 10.1 Å². The standard InChI is InChI=1S/C15H13N3O2/c1-11-8-14(18(19)20)6-7-15(11)17(2)13-5-3-4-12(9-13)10-16/h3-9H,1-2H3. The van der Waals surface area contributed by atoms with Gasteiger partial charge >= 0.3 is 0 Å². The lowest BCUT2D eigenvalue weighted by molar-refractivity contribution is -0.384. The van der Waals surface area contributed by atoms with E-state index in [9.17, 15) is 10.1 Å². The van der Waals surface area contributed by atoms with Crippen molar-refractivity contribution in [3.63, 3.8) is 0 Å². The lowest BCUT2D eigenvalue weighted by atomic mass is 10.1. The number of rotatable bonds is 3. The van der Waals surface area contributed by atoms with Crippen LogP contribution >= 0.6 is 0 Å². The Morgan fingerprint density at radius 2 is 2.00 bits per heavy atom. The van der Waals surface area contributed by atoms with Crippen LogP contribution in [0.3, 0.4) is 0 Å². The van der Waals surface area contributed by atoms with E-state index in [1.54, 1.807) is 24.3 Å². The highest BCUT2D eigenvalue weighted by Crippen LogP contribution is 2.29. The Balaban J connectivity index is 2.40. The number of nitrogens with zero attached hydrogens (tertiary/aromatic N) is 3. The molecule has 0 unspecified atom stereocenters. The molecular formula is C15H13N3O2. The molecule has 100 valence electrons. The molecule has 2 aromatic rings. The molecule has 0 radical (unpaired) electrons. The molecule has 5 nitrogen and oxygen atoms in total. The topological polar surface area (TPSA) is 70.2 Å². The molecule has 0 saturated carbocycles. The number of non-ortho nitro benzene ring substituents is 1. The molecule has 0 atom stereocenters. The van der Waals surface area contributed by atoms with Crippen molar-refractivity contribution in [3.05, 3.63) is 63.7 Å². The molecule has 2 aromatic carbocycles. The van der Waals surface area contributed by atoms with E-state index in [2.05, 4.69) is 6.07 Å². The van der Waals surface area contributed by atoms with Crippen LogP contribution in [0.5, 0.6) is 0 Å². The lowest BCUT2D eigenvalue weighted by Crippen LogP contribution is -2.11. The zero-order valence-electron chi connectivity index (χ0n) is 11.2. The maximum atomic E-state index is 10.7. The zero-order chi connectivity index (χ0) is 14.7. The zero-order valence-corrected chi connectivity index (χ0v) is 11.2. The summed E-state index contributed by atoms with van der Waals surface area (Å²) in [6.07, 6.45) is 0. The van der Waals surface area contributed by atoms with Crippen LogP contribution in [0, 0.1) is 28.4 Å². The molecule has 0 amide bonds. The van der Waals surface area contributed by atoms with Gasteiger partial charge in [0, 0.05) is 30.6 Å². The minimum atomic E-state index is -0.410. The maximum absolute atomic E-state index is 10.7. The number of hydrogen-bond donors (Lipinski definition) is 0. The molecule has 0 heterocycles. The highest BCUT2D eigenvalue weighted by atomic mass is 16.6. The second-order valence-corrected chi connectivity index (χ2v) is 4.45. The summed E-state index contributed by atoms with van der Waals surface area (Å²) in [6, 6.07) is 14.0. The van der Waals surface area contributed by atoms with Crippen LogP contribution in [0.2, 0.25) is 0 Å². The predicted molar refractivity (Wildman–Crippen MR) is 77.1 cm³/mol. The third kappa shape index (κ3) is 2.59. The highest BCUT2D eigenvalue weighted by molar-refractivity contribution is 5.68. The van der Waals surface area contributed by atoms with Gasteiger partial charge in [-0.15, -0.1) is 0 Å². The molecule has 0 spiro atoms. The van der Waals surface area contributed by atoms with Gasteiger partial charge in [0.05, 0.1) is 16.6 Å². The van der Waals surface area contributed by atoms with E-state index in [4.69, 9.17) is 5.26 Å². The Hall–Kier alpha value is -2.87. The minimum Gasteiger partial charge on any atom is -0.344 e. The Morgan fingerprint density at radius 1 is 1.25 bits per heavy atom. The molecule has 2 rings (SSSR count). The van der Waals surface area contributed by atoms with Crippen molar-refractivity contribution in [1.29, 1.82) is 5.26 Å². The third-order valence-electron chi connectivity index (χ3n) is 3.12. The van der Waals surface area contributed by atoms with E-state index in [1.807, 2.05) is 31.0 Å². The molecular weight excluding hydrogens is 254 g/mol. The van der Waals surface area contributed by atoms with Crippen molar-refractivity contribution >= 4 is 17.1 Å². The number of nitriles is 1. The second-order valence-electron chi connectivity index (χ2n) is 4.45. The Kier molecular flexibility index (Phi) is 3.67. The number of benzene rings is 2. The molecule has 0 fully saturated rings. The van der Waals surface area contributed by atoms with Crippen LogP contribution < -0.4 is 4.90 Å². The number of nitro benzene ring substituents is 1. The van der Waals surface area contributed by atoms with Gasteiger partial charge in [-0.05, 0) is 36.8 Å². The summed E-state index contributed by atoms with van der Waals surface area (Å²) in [6.45, 7) is 1.83. The van der Waals surface area contributed by atoms with Gasteiger partial charge in [0.1, 0.15) is 0 Å². The van der Waals surface area contributed by atoms with E-state index in [1.165, 1.54) is 6.07 Å². The van der Waals surface area contributed by atoms with E-state index in [-0.39, 0.29) is 5.69 Å². The van der Waals surface area contributed by atoms with Crippen LogP contribution in [0.15, 0.2) is 42.5 Å². The van der Waals surface area contributed by atoms with Crippen molar-refractivity contribution in [2.24, 2.45) is 0 Å². The highest BCUT2D eigenvalue weighted by Gasteiger charge is 2.12. The lowest BCUT2D eigenvalue weighted by Gasteiger charge is -2.21. The van der Waals surface area contributed by atoms with Crippen LogP contribution in [0.4, 0.5) is 17.1 Å². The third-order valence-corrected chi connectivity index (χ3v) is 3.12. The first-order chi connectivity index (χ1) is 9.52. The Labute approximate surface area is 116 Å². The van der Waals surface area contributed by atoms with Crippen LogP contribution in [0.25, 0.3) is 0 Å². The smallest absolute Gasteiger partial charge is 0.269 e. The number of anilines is 2. The fourth-order valence-electron chi connectivity index (χ4n) is 2.05. The van der Waals surface area contributed by atoms with Crippen LogP contribution in [-0.4, -0.2) is 12.0 Å². The molecule has 0 aliphatic rings. The Bertz CT molecular complexity index is 705. The molecule has 0 aliphatic heterocycles. The number of hydrogen-bond acceptors (Lipinski definition) is 4. The van der Waals surface area contributed by atoms with Gasteiger partial charge in [0.15, 0.2) is 0 Å². The first kappa shape index (κ1) is 13.6. The van der Waals surface area contributed by atoms with E-state index < -0.39 is 4.92 Å².